The molecule has 0 unspecified atom stereocenters. The fraction of sp³-hybridized carbons (Fsp3) is 0.150. The molecule has 0 aliphatic heterocycles. The molecule has 0 aliphatic rings. The van der Waals surface area contributed by atoms with Gasteiger partial charge in [-0.2, -0.15) is 4.39 Å². The van der Waals surface area contributed by atoms with Crippen LogP contribution in [0.4, 0.5) is 15.8 Å². The smallest absolute Gasteiger partial charge is 0.306 e. The number of nitro benzene ring substituents is 1. The summed E-state index contributed by atoms with van der Waals surface area (Å²) in [5.41, 5.74) is 1.02. The molecule has 0 atom stereocenters. The molecule has 1 heterocycles. The van der Waals surface area contributed by atoms with Crippen molar-refractivity contribution in [3.8, 4) is 17.0 Å². The van der Waals surface area contributed by atoms with Gasteiger partial charge in [0.05, 0.1) is 23.0 Å². The second-order valence-electron chi connectivity index (χ2n) is 5.97. The summed E-state index contributed by atoms with van der Waals surface area (Å²) in [6, 6.07) is 14.2. The van der Waals surface area contributed by atoms with Crippen molar-refractivity contribution < 1.29 is 18.8 Å². The van der Waals surface area contributed by atoms with Crippen LogP contribution in [-0.4, -0.2) is 33.4 Å². The minimum Gasteiger partial charge on any atom is -0.494 e. The van der Waals surface area contributed by atoms with E-state index >= 15 is 0 Å². The van der Waals surface area contributed by atoms with Crippen molar-refractivity contribution in [3.05, 3.63) is 70.5 Å². The molecule has 0 fully saturated rings. The van der Waals surface area contributed by atoms with Crippen molar-refractivity contribution in [2.75, 3.05) is 17.7 Å². The van der Waals surface area contributed by atoms with E-state index in [0.29, 0.717) is 17.3 Å². The van der Waals surface area contributed by atoms with Crippen LogP contribution in [0.2, 0.25) is 0 Å². The van der Waals surface area contributed by atoms with E-state index in [-0.39, 0.29) is 11.4 Å². The lowest BCUT2D eigenvalue weighted by Crippen LogP contribution is -2.14. The highest BCUT2D eigenvalue weighted by Crippen LogP contribution is 2.24. The number of anilines is 1. The van der Waals surface area contributed by atoms with Gasteiger partial charge in [-0.25, -0.2) is 0 Å². The number of nitrogens with zero attached hydrogens (tertiary/aromatic N) is 3. The molecule has 154 valence electrons. The Morgan fingerprint density at radius 3 is 2.57 bits per heavy atom. The average molecular weight is 428 g/mol. The monoisotopic (exact) mass is 428 g/mol. The van der Waals surface area contributed by atoms with Crippen LogP contribution in [0.1, 0.15) is 6.92 Å². The van der Waals surface area contributed by atoms with E-state index in [9.17, 15) is 19.3 Å². The molecule has 2 aromatic carbocycles. The number of hydrogen-bond acceptors (Lipinski definition) is 7. The topological polar surface area (TPSA) is 107 Å². The highest BCUT2D eigenvalue weighted by atomic mass is 32.2. The third-order valence-corrected chi connectivity index (χ3v) is 4.80. The molecular formula is C20H17FN4O4S. The van der Waals surface area contributed by atoms with Gasteiger partial charge in [0.1, 0.15) is 10.8 Å². The first kappa shape index (κ1) is 21.2. The van der Waals surface area contributed by atoms with Gasteiger partial charge in [0.25, 0.3) is 0 Å². The lowest BCUT2D eigenvalue weighted by molar-refractivity contribution is -0.387. The number of benzene rings is 2. The number of ether oxygens (including phenoxy) is 1. The summed E-state index contributed by atoms with van der Waals surface area (Å²) in [6.07, 6.45) is 0. The van der Waals surface area contributed by atoms with Crippen LogP contribution in [0.25, 0.3) is 11.3 Å². The number of thioether (sulfide) groups is 1. The number of carbonyl (C=O) groups is 1. The molecule has 0 saturated heterocycles. The molecule has 0 bridgehead atoms. The largest absolute Gasteiger partial charge is 0.494 e. The highest BCUT2D eigenvalue weighted by molar-refractivity contribution is 7.99. The van der Waals surface area contributed by atoms with Gasteiger partial charge in [0.15, 0.2) is 0 Å². The first-order chi connectivity index (χ1) is 14.5. The minimum atomic E-state index is -0.963. The fourth-order valence-electron chi connectivity index (χ4n) is 2.51. The molecule has 30 heavy (non-hydrogen) atoms. The van der Waals surface area contributed by atoms with Crippen LogP contribution >= 0.6 is 11.8 Å². The predicted molar refractivity (Wildman–Crippen MR) is 111 cm³/mol. The Morgan fingerprint density at radius 2 is 1.93 bits per heavy atom. The first-order valence-corrected chi connectivity index (χ1v) is 9.88. The Labute approximate surface area is 175 Å². The predicted octanol–water partition coefficient (Wildman–Crippen LogP) is 4.32. The SMILES string of the molecule is CCOc1ccc(-c2ccc(SCC(=O)Nc3ccc(F)c([N+](=O)[O-])c3)nn2)cc1. The quantitative estimate of drug-likeness (QED) is 0.323. The van der Waals surface area contributed by atoms with E-state index in [0.717, 1.165) is 35.2 Å². The summed E-state index contributed by atoms with van der Waals surface area (Å²) in [7, 11) is 0. The van der Waals surface area contributed by atoms with E-state index in [1.165, 1.54) is 6.07 Å². The molecule has 0 aliphatic carbocycles. The molecule has 8 nitrogen and oxygen atoms in total. The molecule has 0 radical (unpaired) electrons. The van der Waals surface area contributed by atoms with Gasteiger partial charge in [0, 0.05) is 17.3 Å². The van der Waals surface area contributed by atoms with Crippen LogP contribution in [0, 0.1) is 15.9 Å². The zero-order valence-corrected chi connectivity index (χ0v) is 16.7. The summed E-state index contributed by atoms with van der Waals surface area (Å²) in [6.45, 7) is 2.51. The average Bonchev–Trinajstić information content (AvgIpc) is 2.75. The number of nitro groups is 1. The number of carbonyl (C=O) groups excluding carboxylic acids is 1. The number of nitrogens with one attached hydrogen (secondary N) is 1. The number of rotatable bonds is 8. The fourth-order valence-corrected chi connectivity index (χ4v) is 3.12. The van der Waals surface area contributed by atoms with E-state index in [2.05, 4.69) is 15.5 Å². The number of halogens is 1. The zero-order chi connectivity index (χ0) is 21.5. The Bertz CT molecular complexity index is 1050. The van der Waals surface area contributed by atoms with Crippen molar-refractivity contribution in [2.24, 2.45) is 0 Å². The summed E-state index contributed by atoms with van der Waals surface area (Å²) in [5.74, 6) is -0.574. The van der Waals surface area contributed by atoms with E-state index in [1.807, 2.05) is 31.2 Å². The van der Waals surface area contributed by atoms with E-state index in [1.54, 1.807) is 12.1 Å². The summed E-state index contributed by atoms with van der Waals surface area (Å²) in [4.78, 5) is 22.0. The number of hydrogen-bond donors (Lipinski definition) is 1. The molecule has 10 heteroatoms. The van der Waals surface area contributed by atoms with E-state index < -0.39 is 22.3 Å². The van der Waals surface area contributed by atoms with Crippen molar-refractivity contribution >= 4 is 29.0 Å². The van der Waals surface area contributed by atoms with Crippen LogP contribution < -0.4 is 10.1 Å². The zero-order valence-electron chi connectivity index (χ0n) is 15.9. The van der Waals surface area contributed by atoms with Crippen molar-refractivity contribution in [2.45, 2.75) is 11.9 Å². The van der Waals surface area contributed by atoms with Gasteiger partial charge < -0.3 is 10.1 Å². The second-order valence-corrected chi connectivity index (χ2v) is 6.97. The maximum absolute atomic E-state index is 13.4. The molecular weight excluding hydrogens is 411 g/mol. The molecule has 0 spiro atoms. The van der Waals surface area contributed by atoms with Gasteiger partial charge in [-0.15, -0.1) is 10.2 Å². The van der Waals surface area contributed by atoms with Crippen LogP contribution in [0.15, 0.2) is 59.6 Å². The lowest BCUT2D eigenvalue weighted by Gasteiger charge is -2.06. The molecule has 1 amide bonds. The van der Waals surface area contributed by atoms with Crippen molar-refractivity contribution in [1.82, 2.24) is 10.2 Å². The van der Waals surface area contributed by atoms with Crippen LogP contribution in [0.3, 0.4) is 0 Å². The van der Waals surface area contributed by atoms with Gasteiger partial charge in [-0.05, 0) is 55.5 Å². The van der Waals surface area contributed by atoms with Gasteiger partial charge in [-0.1, -0.05) is 11.8 Å². The Hall–Kier alpha value is -3.53. The summed E-state index contributed by atoms with van der Waals surface area (Å²) >= 11 is 1.16. The molecule has 1 N–H and O–H groups in total. The number of amides is 1. The molecule has 0 saturated carbocycles. The highest BCUT2D eigenvalue weighted by Gasteiger charge is 2.15. The minimum absolute atomic E-state index is 0.0161. The van der Waals surface area contributed by atoms with Crippen molar-refractivity contribution in [3.63, 3.8) is 0 Å². The van der Waals surface area contributed by atoms with E-state index in [4.69, 9.17) is 4.74 Å². The normalized spacial score (nSPS) is 10.5. The first-order valence-electron chi connectivity index (χ1n) is 8.90. The third-order valence-electron chi connectivity index (χ3n) is 3.88. The van der Waals surface area contributed by atoms with Crippen molar-refractivity contribution in [1.29, 1.82) is 0 Å². The Kier molecular flexibility index (Phi) is 6.91. The van der Waals surface area contributed by atoms with Crippen LogP contribution in [0.5, 0.6) is 5.75 Å². The van der Waals surface area contributed by atoms with Gasteiger partial charge in [-0.3, -0.25) is 14.9 Å². The number of aromatic nitrogens is 2. The standard InChI is InChI=1S/C20H17FN4O4S/c1-2-29-15-6-3-13(4-7-15)17-9-10-20(24-23-17)30-12-19(26)22-14-5-8-16(21)18(11-14)25(27)28/h3-11H,2,12H2,1H3,(H,22,26). The van der Waals surface area contributed by atoms with Gasteiger partial charge >= 0.3 is 5.69 Å². The summed E-state index contributed by atoms with van der Waals surface area (Å²) in [5, 5.41) is 22.1. The Balaban J connectivity index is 1.56. The third kappa shape index (κ3) is 5.51. The molecule has 3 rings (SSSR count). The Morgan fingerprint density at radius 1 is 1.17 bits per heavy atom. The molecule has 3 aromatic rings. The lowest BCUT2D eigenvalue weighted by atomic mass is 10.1. The maximum atomic E-state index is 13.4. The molecule has 1 aromatic heterocycles. The second kappa shape index (κ2) is 9.79. The van der Waals surface area contributed by atoms with Crippen LogP contribution in [-0.2, 0) is 4.79 Å². The van der Waals surface area contributed by atoms with Gasteiger partial charge in [0.2, 0.25) is 11.7 Å². The maximum Gasteiger partial charge on any atom is 0.306 e. The summed E-state index contributed by atoms with van der Waals surface area (Å²) < 4.78 is 18.8.